The second-order valence-electron chi connectivity index (χ2n) is 5.82. The summed E-state index contributed by atoms with van der Waals surface area (Å²) < 4.78 is 10.5. The summed E-state index contributed by atoms with van der Waals surface area (Å²) >= 11 is 0. The molecule has 0 unspecified atom stereocenters. The average molecular weight is 342 g/mol. The molecule has 0 saturated carbocycles. The molecule has 25 heavy (non-hydrogen) atoms. The molecule has 0 radical (unpaired) electrons. The van der Waals surface area contributed by atoms with Gasteiger partial charge in [0, 0.05) is 32.4 Å². The van der Waals surface area contributed by atoms with Crippen molar-refractivity contribution in [2.75, 3.05) is 45.3 Å². The van der Waals surface area contributed by atoms with Crippen LogP contribution < -0.4 is 14.4 Å². The van der Waals surface area contributed by atoms with Gasteiger partial charge < -0.3 is 19.3 Å². The first-order valence-electron chi connectivity index (χ1n) is 8.22. The molecular formula is C18H22N4O3. The van der Waals surface area contributed by atoms with Crippen molar-refractivity contribution >= 4 is 11.7 Å². The van der Waals surface area contributed by atoms with Crippen molar-refractivity contribution in [1.29, 1.82) is 0 Å². The zero-order chi connectivity index (χ0) is 17.6. The van der Waals surface area contributed by atoms with Crippen LogP contribution in [0, 0.1) is 0 Å². The van der Waals surface area contributed by atoms with Gasteiger partial charge >= 0.3 is 0 Å². The number of carbonyl (C=O) groups is 1. The summed E-state index contributed by atoms with van der Waals surface area (Å²) in [5.74, 6) is 2.28. The molecule has 0 bridgehead atoms. The lowest BCUT2D eigenvalue weighted by Gasteiger charge is -2.35. The standard InChI is InChI=1S/C18H22N4O3/c1-24-15-6-5-14(12-16(15)25-2)13-18(23)22-10-8-21(9-11-22)17-4-3-7-19-20-17/h3-7,12H,8-11,13H2,1-2H3. The molecule has 1 saturated heterocycles. The fourth-order valence-electron chi connectivity index (χ4n) is 2.92. The maximum atomic E-state index is 12.6. The fraction of sp³-hybridized carbons (Fsp3) is 0.389. The molecular weight excluding hydrogens is 320 g/mol. The van der Waals surface area contributed by atoms with Crippen LogP contribution in [0.25, 0.3) is 0 Å². The molecule has 1 aliphatic rings. The number of ether oxygens (including phenoxy) is 2. The van der Waals surface area contributed by atoms with Crippen molar-refractivity contribution in [3.8, 4) is 11.5 Å². The van der Waals surface area contributed by atoms with Crippen LogP contribution in [0.2, 0.25) is 0 Å². The third-order valence-corrected chi connectivity index (χ3v) is 4.32. The van der Waals surface area contributed by atoms with E-state index in [1.165, 1.54) is 0 Å². The molecule has 0 aliphatic carbocycles. The summed E-state index contributed by atoms with van der Waals surface area (Å²) in [5.41, 5.74) is 0.916. The van der Waals surface area contributed by atoms with Gasteiger partial charge in [-0.15, -0.1) is 5.10 Å². The molecule has 7 heteroatoms. The molecule has 1 aliphatic heterocycles. The SMILES string of the molecule is COc1ccc(CC(=O)N2CCN(c3cccnn3)CC2)cc1OC. The molecule has 1 aromatic carbocycles. The summed E-state index contributed by atoms with van der Waals surface area (Å²) in [6.45, 7) is 2.89. The normalized spacial score (nSPS) is 14.3. The minimum Gasteiger partial charge on any atom is -0.493 e. The Kier molecular flexibility index (Phi) is 5.33. The number of rotatable bonds is 5. The van der Waals surface area contributed by atoms with Crippen molar-refractivity contribution in [3.63, 3.8) is 0 Å². The van der Waals surface area contributed by atoms with Crippen molar-refractivity contribution in [1.82, 2.24) is 15.1 Å². The van der Waals surface area contributed by atoms with Gasteiger partial charge in [0.25, 0.3) is 0 Å². The second-order valence-corrected chi connectivity index (χ2v) is 5.82. The van der Waals surface area contributed by atoms with E-state index in [0.29, 0.717) is 31.0 Å². The number of piperazine rings is 1. The second kappa shape index (κ2) is 7.83. The van der Waals surface area contributed by atoms with E-state index < -0.39 is 0 Å². The number of amides is 1. The van der Waals surface area contributed by atoms with Gasteiger partial charge in [0.05, 0.1) is 20.6 Å². The summed E-state index contributed by atoms with van der Waals surface area (Å²) in [7, 11) is 3.19. The molecule has 1 aromatic heterocycles. The highest BCUT2D eigenvalue weighted by Crippen LogP contribution is 2.28. The van der Waals surface area contributed by atoms with Crippen LogP contribution in [0.4, 0.5) is 5.82 Å². The van der Waals surface area contributed by atoms with Crippen LogP contribution >= 0.6 is 0 Å². The van der Waals surface area contributed by atoms with E-state index in [4.69, 9.17) is 9.47 Å². The quantitative estimate of drug-likeness (QED) is 0.818. The van der Waals surface area contributed by atoms with E-state index in [1.54, 1.807) is 20.4 Å². The van der Waals surface area contributed by atoms with Crippen LogP contribution in [0.1, 0.15) is 5.56 Å². The third kappa shape index (κ3) is 3.99. The minimum atomic E-state index is 0.117. The topological polar surface area (TPSA) is 67.8 Å². The molecule has 132 valence electrons. The highest BCUT2D eigenvalue weighted by atomic mass is 16.5. The van der Waals surface area contributed by atoms with E-state index in [0.717, 1.165) is 24.5 Å². The monoisotopic (exact) mass is 342 g/mol. The summed E-state index contributed by atoms with van der Waals surface area (Å²) in [6.07, 6.45) is 2.01. The zero-order valence-corrected chi connectivity index (χ0v) is 14.5. The van der Waals surface area contributed by atoms with Crippen molar-refractivity contribution in [2.24, 2.45) is 0 Å². The molecule has 3 rings (SSSR count). The number of hydrogen-bond acceptors (Lipinski definition) is 6. The Bertz CT molecular complexity index is 716. The number of hydrogen-bond donors (Lipinski definition) is 0. The van der Waals surface area contributed by atoms with Gasteiger partial charge in [-0.25, -0.2) is 0 Å². The summed E-state index contributed by atoms with van der Waals surface area (Å²) in [5, 5.41) is 8.03. The van der Waals surface area contributed by atoms with Gasteiger partial charge in [-0.2, -0.15) is 5.10 Å². The smallest absolute Gasteiger partial charge is 0.227 e. The van der Waals surface area contributed by atoms with Gasteiger partial charge in [0.2, 0.25) is 5.91 Å². The fourth-order valence-corrected chi connectivity index (χ4v) is 2.92. The van der Waals surface area contributed by atoms with E-state index >= 15 is 0 Å². The largest absolute Gasteiger partial charge is 0.493 e. The number of nitrogens with zero attached hydrogens (tertiary/aromatic N) is 4. The van der Waals surface area contributed by atoms with Crippen LogP contribution in [0.3, 0.4) is 0 Å². The van der Waals surface area contributed by atoms with Gasteiger partial charge in [0.15, 0.2) is 17.3 Å². The Labute approximate surface area is 147 Å². The third-order valence-electron chi connectivity index (χ3n) is 4.32. The van der Waals surface area contributed by atoms with Crippen LogP contribution in [-0.4, -0.2) is 61.4 Å². The Morgan fingerprint density at radius 3 is 2.48 bits per heavy atom. The number of carbonyl (C=O) groups excluding carboxylic acids is 1. The van der Waals surface area contributed by atoms with Crippen LogP contribution in [-0.2, 0) is 11.2 Å². The highest BCUT2D eigenvalue weighted by Gasteiger charge is 2.22. The summed E-state index contributed by atoms with van der Waals surface area (Å²) in [4.78, 5) is 16.6. The lowest BCUT2D eigenvalue weighted by Crippen LogP contribution is -2.49. The Balaban J connectivity index is 1.58. The first kappa shape index (κ1) is 17.0. The first-order valence-corrected chi connectivity index (χ1v) is 8.22. The number of aromatic nitrogens is 2. The molecule has 0 N–H and O–H groups in total. The van der Waals surface area contributed by atoms with E-state index in [9.17, 15) is 4.79 Å². The maximum Gasteiger partial charge on any atom is 0.227 e. The molecule has 2 aromatic rings. The lowest BCUT2D eigenvalue weighted by atomic mass is 10.1. The van der Waals surface area contributed by atoms with Gasteiger partial charge in [-0.3, -0.25) is 4.79 Å². The number of anilines is 1. The van der Waals surface area contributed by atoms with Crippen LogP contribution in [0.5, 0.6) is 11.5 Å². The Morgan fingerprint density at radius 1 is 1.08 bits per heavy atom. The molecule has 0 spiro atoms. The molecule has 0 atom stereocenters. The molecule has 7 nitrogen and oxygen atoms in total. The van der Waals surface area contributed by atoms with Gasteiger partial charge in [-0.1, -0.05) is 6.07 Å². The minimum absolute atomic E-state index is 0.117. The summed E-state index contributed by atoms with van der Waals surface area (Å²) in [6, 6.07) is 9.39. The van der Waals surface area contributed by atoms with E-state index in [-0.39, 0.29) is 5.91 Å². The highest BCUT2D eigenvalue weighted by molar-refractivity contribution is 5.79. The van der Waals surface area contributed by atoms with Gasteiger partial charge in [0.1, 0.15) is 0 Å². The average Bonchev–Trinajstić information content (AvgIpc) is 2.68. The molecule has 2 heterocycles. The number of methoxy groups -OCH3 is 2. The van der Waals surface area contributed by atoms with Gasteiger partial charge in [-0.05, 0) is 29.8 Å². The molecule has 1 fully saturated rings. The van der Waals surface area contributed by atoms with Crippen LogP contribution in [0.15, 0.2) is 36.5 Å². The predicted molar refractivity (Wildman–Crippen MR) is 94.1 cm³/mol. The van der Waals surface area contributed by atoms with Crippen molar-refractivity contribution < 1.29 is 14.3 Å². The first-order chi connectivity index (χ1) is 12.2. The lowest BCUT2D eigenvalue weighted by molar-refractivity contribution is -0.130. The maximum absolute atomic E-state index is 12.6. The van der Waals surface area contributed by atoms with E-state index in [2.05, 4.69) is 15.1 Å². The zero-order valence-electron chi connectivity index (χ0n) is 14.5. The predicted octanol–water partition coefficient (Wildman–Crippen LogP) is 1.39. The Hall–Kier alpha value is -2.83. The molecule has 1 amide bonds. The van der Waals surface area contributed by atoms with Crippen molar-refractivity contribution in [2.45, 2.75) is 6.42 Å². The van der Waals surface area contributed by atoms with Crippen molar-refractivity contribution in [3.05, 3.63) is 42.1 Å². The van der Waals surface area contributed by atoms with E-state index in [1.807, 2.05) is 35.2 Å². The number of benzene rings is 1. The Morgan fingerprint density at radius 2 is 1.84 bits per heavy atom.